The topological polar surface area (TPSA) is 60.7 Å². The molecular formula is C28H34O3. The van der Waals surface area contributed by atoms with Gasteiger partial charge in [0.2, 0.25) is 0 Å². The summed E-state index contributed by atoms with van der Waals surface area (Å²) in [5, 5.41) is 29.3. The molecule has 0 aliphatic heterocycles. The molecule has 164 valence electrons. The van der Waals surface area contributed by atoms with Crippen LogP contribution in [0.4, 0.5) is 0 Å². The molecular weight excluding hydrogens is 384 g/mol. The van der Waals surface area contributed by atoms with Gasteiger partial charge in [0.1, 0.15) is 17.2 Å². The highest BCUT2D eigenvalue weighted by atomic mass is 16.3. The Morgan fingerprint density at radius 2 is 1.00 bits per heavy atom. The Labute approximate surface area is 186 Å². The zero-order valence-corrected chi connectivity index (χ0v) is 19.1. The van der Waals surface area contributed by atoms with Crippen molar-refractivity contribution in [2.45, 2.75) is 57.8 Å². The minimum absolute atomic E-state index is 0.136. The van der Waals surface area contributed by atoms with E-state index < -0.39 is 0 Å². The standard InChI is InChI=1S/C28H34O3/c1-19(21-6-12-24(29)13-7-21)20(2)28(5,23-10-16-26(31)17-11-23)18-27(3,4)22-8-14-25(30)15-9-22/h6-17,19-20,29-31H,18H2,1-5H3. The molecule has 0 spiro atoms. The third-order valence-electron chi connectivity index (χ3n) is 7.16. The Hall–Kier alpha value is -2.94. The first kappa shape index (κ1) is 22.7. The van der Waals surface area contributed by atoms with E-state index in [0.29, 0.717) is 0 Å². The third kappa shape index (κ3) is 4.87. The fourth-order valence-electron chi connectivity index (χ4n) is 4.92. The molecule has 3 heteroatoms. The smallest absolute Gasteiger partial charge is 0.115 e. The summed E-state index contributed by atoms with van der Waals surface area (Å²) in [6.07, 6.45) is 0.888. The lowest BCUT2D eigenvalue weighted by Gasteiger charge is -2.45. The number of hydrogen-bond acceptors (Lipinski definition) is 3. The average Bonchev–Trinajstić information content (AvgIpc) is 2.73. The molecule has 0 radical (unpaired) electrons. The van der Waals surface area contributed by atoms with E-state index in [2.05, 4.69) is 34.6 Å². The molecule has 3 aromatic carbocycles. The van der Waals surface area contributed by atoms with E-state index in [-0.39, 0.29) is 39.9 Å². The van der Waals surface area contributed by atoms with Crippen LogP contribution in [0.5, 0.6) is 17.2 Å². The van der Waals surface area contributed by atoms with Crippen LogP contribution in [0.2, 0.25) is 0 Å². The second-order valence-corrected chi connectivity index (χ2v) is 9.74. The number of phenols is 3. The molecule has 31 heavy (non-hydrogen) atoms. The SMILES string of the molecule is CC(c1ccc(O)cc1)C(C)C(C)(CC(C)(C)c1ccc(O)cc1)c1ccc(O)cc1. The van der Waals surface area contributed by atoms with Crippen molar-refractivity contribution in [3.63, 3.8) is 0 Å². The van der Waals surface area contributed by atoms with Crippen LogP contribution in [0, 0.1) is 5.92 Å². The lowest BCUT2D eigenvalue weighted by molar-refractivity contribution is 0.213. The second kappa shape index (κ2) is 8.66. The van der Waals surface area contributed by atoms with Crippen molar-refractivity contribution in [1.29, 1.82) is 0 Å². The zero-order chi connectivity index (χ0) is 22.8. The lowest BCUT2D eigenvalue weighted by Crippen LogP contribution is -2.39. The first-order chi connectivity index (χ1) is 14.5. The van der Waals surface area contributed by atoms with Gasteiger partial charge in [-0.3, -0.25) is 0 Å². The van der Waals surface area contributed by atoms with Gasteiger partial charge in [-0.25, -0.2) is 0 Å². The Balaban J connectivity index is 2.03. The van der Waals surface area contributed by atoms with E-state index in [0.717, 1.165) is 6.42 Å². The molecule has 3 rings (SSSR count). The highest BCUT2D eigenvalue weighted by Crippen LogP contribution is 2.48. The van der Waals surface area contributed by atoms with Gasteiger partial charge in [0.25, 0.3) is 0 Å². The minimum Gasteiger partial charge on any atom is -0.508 e. The van der Waals surface area contributed by atoms with Crippen LogP contribution in [0.15, 0.2) is 72.8 Å². The predicted octanol–water partition coefficient (Wildman–Crippen LogP) is 6.87. The molecule has 0 saturated carbocycles. The molecule has 0 aromatic heterocycles. The predicted molar refractivity (Wildman–Crippen MR) is 127 cm³/mol. The fourth-order valence-corrected chi connectivity index (χ4v) is 4.92. The van der Waals surface area contributed by atoms with Crippen molar-refractivity contribution in [2.75, 3.05) is 0 Å². The summed E-state index contributed by atoms with van der Waals surface area (Å²) < 4.78 is 0. The maximum absolute atomic E-state index is 9.86. The van der Waals surface area contributed by atoms with Gasteiger partial charge in [0, 0.05) is 0 Å². The van der Waals surface area contributed by atoms with Gasteiger partial charge < -0.3 is 15.3 Å². The number of benzene rings is 3. The zero-order valence-electron chi connectivity index (χ0n) is 19.1. The van der Waals surface area contributed by atoms with Crippen molar-refractivity contribution in [1.82, 2.24) is 0 Å². The Kier molecular flexibility index (Phi) is 6.35. The van der Waals surface area contributed by atoms with Crippen LogP contribution < -0.4 is 0 Å². The van der Waals surface area contributed by atoms with Crippen LogP contribution in [-0.2, 0) is 10.8 Å². The first-order valence-electron chi connectivity index (χ1n) is 10.9. The molecule has 0 amide bonds. The molecule has 0 fully saturated rings. The molecule has 3 unspecified atom stereocenters. The van der Waals surface area contributed by atoms with E-state index in [1.165, 1.54) is 16.7 Å². The van der Waals surface area contributed by atoms with Crippen LogP contribution in [-0.4, -0.2) is 15.3 Å². The maximum Gasteiger partial charge on any atom is 0.115 e. The van der Waals surface area contributed by atoms with Gasteiger partial charge in [0.15, 0.2) is 0 Å². The van der Waals surface area contributed by atoms with E-state index in [4.69, 9.17) is 0 Å². The van der Waals surface area contributed by atoms with E-state index >= 15 is 0 Å². The summed E-state index contributed by atoms with van der Waals surface area (Å²) in [4.78, 5) is 0. The normalized spacial score (nSPS) is 15.8. The van der Waals surface area contributed by atoms with Gasteiger partial charge in [-0.15, -0.1) is 0 Å². The third-order valence-corrected chi connectivity index (χ3v) is 7.16. The lowest BCUT2D eigenvalue weighted by atomic mass is 9.59. The van der Waals surface area contributed by atoms with Crippen molar-refractivity contribution in [3.8, 4) is 17.2 Å². The highest BCUT2D eigenvalue weighted by molar-refractivity contribution is 5.37. The quantitative estimate of drug-likeness (QED) is 0.392. The molecule has 0 aliphatic rings. The maximum atomic E-state index is 9.86. The number of hydrogen-bond donors (Lipinski definition) is 3. The first-order valence-corrected chi connectivity index (χ1v) is 10.9. The summed E-state index contributed by atoms with van der Waals surface area (Å²) in [6, 6.07) is 22.6. The molecule has 0 heterocycles. The Bertz CT molecular complexity index is 988. The van der Waals surface area contributed by atoms with Crippen molar-refractivity contribution >= 4 is 0 Å². The van der Waals surface area contributed by atoms with E-state index in [1.807, 2.05) is 36.4 Å². The number of rotatable bonds is 7. The second-order valence-electron chi connectivity index (χ2n) is 9.74. The Morgan fingerprint density at radius 3 is 1.45 bits per heavy atom. The minimum atomic E-state index is -0.188. The van der Waals surface area contributed by atoms with Gasteiger partial charge in [-0.05, 0) is 82.2 Å². The summed E-state index contributed by atoms with van der Waals surface area (Å²) in [5.74, 6) is 1.35. The van der Waals surface area contributed by atoms with Crippen LogP contribution in [0.1, 0.15) is 63.6 Å². The van der Waals surface area contributed by atoms with Gasteiger partial charge in [0.05, 0.1) is 0 Å². The van der Waals surface area contributed by atoms with E-state index in [9.17, 15) is 15.3 Å². The fraction of sp³-hybridized carbons (Fsp3) is 0.357. The summed E-state index contributed by atoms with van der Waals surface area (Å²) in [7, 11) is 0. The van der Waals surface area contributed by atoms with Crippen LogP contribution in [0.25, 0.3) is 0 Å². The number of phenolic OH excluding ortho intramolecular Hbond substituents is 3. The molecule has 3 nitrogen and oxygen atoms in total. The summed E-state index contributed by atoms with van der Waals surface area (Å²) in [5.41, 5.74) is 3.24. The van der Waals surface area contributed by atoms with Crippen LogP contribution >= 0.6 is 0 Å². The number of aromatic hydroxyl groups is 3. The van der Waals surface area contributed by atoms with Crippen molar-refractivity contribution in [3.05, 3.63) is 89.5 Å². The van der Waals surface area contributed by atoms with Gasteiger partial charge >= 0.3 is 0 Å². The van der Waals surface area contributed by atoms with Crippen molar-refractivity contribution < 1.29 is 15.3 Å². The monoisotopic (exact) mass is 418 g/mol. The van der Waals surface area contributed by atoms with E-state index in [1.54, 1.807) is 36.4 Å². The Morgan fingerprint density at radius 1 is 0.613 bits per heavy atom. The molecule has 0 bridgehead atoms. The summed E-state index contributed by atoms with van der Waals surface area (Å²) >= 11 is 0. The van der Waals surface area contributed by atoms with Gasteiger partial charge in [-0.2, -0.15) is 0 Å². The molecule has 3 atom stereocenters. The molecule has 0 saturated heterocycles. The highest BCUT2D eigenvalue weighted by Gasteiger charge is 2.41. The largest absolute Gasteiger partial charge is 0.508 e. The van der Waals surface area contributed by atoms with Gasteiger partial charge in [-0.1, -0.05) is 71.0 Å². The van der Waals surface area contributed by atoms with Crippen molar-refractivity contribution in [2.24, 2.45) is 5.92 Å². The van der Waals surface area contributed by atoms with Crippen LogP contribution in [0.3, 0.4) is 0 Å². The molecule has 0 aliphatic carbocycles. The summed E-state index contributed by atoms with van der Waals surface area (Å²) in [6.45, 7) is 11.3. The molecule has 3 N–H and O–H groups in total. The average molecular weight is 419 g/mol. The molecule has 3 aromatic rings.